The van der Waals surface area contributed by atoms with Gasteiger partial charge < -0.3 is 16.2 Å². The van der Waals surface area contributed by atoms with E-state index in [9.17, 15) is 9.90 Å². The van der Waals surface area contributed by atoms with E-state index in [1.807, 2.05) is 0 Å². The SMILES string of the molecule is Nc1ccc(Br)c(C(=O)N[C@H]2CCCC[C@@H]2O)c1. The average Bonchev–Trinajstić information content (AvgIpc) is 2.35. The lowest BCUT2D eigenvalue weighted by atomic mass is 9.92. The minimum Gasteiger partial charge on any atom is -0.399 e. The van der Waals surface area contributed by atoms with Gasteiger partial charge >= 0.3 is 0 Å². The summed E-state index contributed by atoms with van der Waals surface area (Å²) in [5.74, 6) is -0.194. The third-order valence-electron chi connectivity index (χ3n) is 3.28. The van der Waals surface area contributed by atoms with Gasteiger partial charge in [-0.1, -0.05) is 12.8 Å². The fourth-order valence-electron chi connectivity index (χ4n) is 2.24. The number of anilines is 1. The van der Waals surface area contributed by atoms with Crippen LogP contribution < -0.4 is 11.1 Å². The van der Waals surface area contributed by atoms with Crippen LogP contribution in [0, 0.1) is 0 Å². The lowest BCUT2D eigenvalue weighted by molar-refractivity contribution is 0.0717. The molecule has 5 heteroatoms. The number of nitrogen functional groups attached to an aromatic ring is 1. The van der Waals surface area contributed by atoms with Crippen molar-refractivity contribution in [1.82, 2.24) is 5.32 Å². The van der Waals surface area contributed by atoms with Crippen LogP contribution in [0.15, 0.2) is 22.7 Å². The molecule has 18 heavy (non-hydrogen) atoms. The fraction of sp³-hybridized carbons (Fsp3) is 0.462. The van der Waals surface area contributed by atoms with Crippen molar-refractivity contribution >= 4 is 27.5 Å². The Bertz CT molecular complexity index is 451. The van der Waals surface area contributed by atoms with Crippen molar-refractivity contribution in [2.24, 2.45) is 0 Å². The Kier molecular flexibility index (Phi) is 4.24. The van der Waals surface area contributed by atoms with Gasteiger partial charge in [0.25, 0.3) is 5.91 Å². The monoisotopic (exact) mass is 312 g/mol. The molecule has 1 aromatic rings. The highest BCUT2D eigenvalue weighted by Crippen LogP contribution is 2.22. The molecule has 0 aromatic heterocycles. The van der Waals surface area contributed by atoms with Crippen LogP contribution in [-0.2, 0) is 0 Å². The highest BCUT2D eigenvalue weighted by molar-refractivity contribution is 9.10. The van der Waals surface area contributed by atoms with Crippen LogP contribution in [0.5, 0.6) is 0 Å². The summed E-state index contributed by atoms with van der Waals surface area (Å²) in [4.78, 5) is 12.1. The second kappa shape index (κ2) is 5.71. The number of benzene rings is 1. The summed E-state index contributed by atoms with van der Waals surface area (Å²) in [6.45, 7) is 0. The van der Waals surface area contributed by atoms with Gasteiger partial charge in [-0.25, -0.2) is 0 Å². The van der Waals surface area contributed by atoms with Crippen molar-refractivity contribution in [3.8, 4) is 0 Å². The standard InChI is InChI=1S/C13H17BrN2O2/c14-10-6-5-8(15)7-9(10)13(18)16-11-3-1-2-4-12(11)17/h5-7,11-12,17H,1-4,15H2,(H,16,18)/t11-,12-/m0/s1. The van der Waals surface area contributed by atoms with Gasteiger partial charge in [-0.3, -0.25) is 4.79 Å². The molecule has 1 saturated carbocycles. The molecule has 0 spiro atoms. The minimum absolute atomic E-state index is 0.153. The van der Waals surface area contributed by atoms with Crippen LogP contribution in [0.3, 0.4) is 0 Å². The molecule has 0 heterocycles. The largest absolute Gasteiger partial charge is 0.399 e. The van der Waals surface area contributed by atoms with Crippen LogP contribution in [0.2, 0.25) is 0 Å². The summed E-state index contributed by atoms with van der Waals surface area (Å²) < 4.78 is 0.708. The highest BCUT2D eigenvalue weighted by Gasteiger charge is 2.25. The smallest absolute Gasteiger partial charge is 0.252 e. The van der Waals surface area contributed by atoms with Crippen LogP contribution in [-0.4, -0.2) is 23.2 Å². The van der Waals surface area contributed by atoms with E-state index in [1.165, 1.54) is 0 Å². The molecule has 98 valence electrons. The van der Waals surface area contributed by atoms with E-state index in [0.717, 1.165) is 25.7 Å². The number of rotatable bonds is 2. The van der Waals surface area contributed by atoms with E-state index < -0.39 is 6.10 Å². The molecule has 2 rings (SSSR count). The van der Waals surface area contributed by atoms with E-state index >= 15 is 0 Å². The zero-order chi connectivity index (χ0) is 13.1. The van der Waals surface area contributed by atoms with Crippen molar-refractivity contribution in [3.63, 3.8) is 0 Å². The van der Waals surface area contributed by atoms with E-state index in [4.69, 9.17) is 5.73 Å². The molecule has 0 radical (unpaired) electrons. The first-order valence-corrected chi connectivity index (χ1v) is 6.91. The van der Waals surface area contributed by atoms with E-state index in [-0.39, 0.29) is 11.9 Å². The first-order valence-electron chi connectivity index (χ1n) is 6.12. The molecule has 2 atom stereocenters. The number of carbonyl (C=O) groups is 1. The Hall–Kier alpha value is -1.07. The van der Waals surface area contributed by atoms with Gasteiger partial charge in [0.15, 0.2) is 0 Å². The van der Waals surface area contributed by atoms with Crippen LogP contribution in [0.1, 0.15) is 36.0 Å². The van der Waals surface area contributed by atoms with Gasteiger partial charge in [-0.2, -0.15) is 0 Å². The molecule has 0 saturated heterocycles. The maximum Gasteiger partial charge on any atom is 0.252 e. The zero-order valence-corrected chi connectivity index (χ0v) is 11.6. The predicted molar refractivity (Wildman–Crippen MR) is 74.3 cm³/mol. The van der Waals surface area contributed by atoms with E-state index in [2.05, 4.69) is 21.2 Å². The number of carbonyl (C=O) groups excluding carboxylic acids is 1. The molecule has 1 amide bonds. The maximum absolute atomic E-state index is 12.1. The molecule has 0 unspecified atom stereocenters. The Balaban J connectivity index is 2.09. The molecule has 4 N–H and O–H groups in total. The Morgan fingerprint density at radius 3 is 2.83 bits per heavy atom. The quantitative estimate of drug-likeness (QED) is 0.732. The number of nitrogens with two attached hydrogens (primary N) is 1. The van der Waals surface area contributed by atoms with Crippen molar-refractivity contribution < 1.29 is 9.90 Å². The van der Waals surface area contributed by atoms with Gasteiger partial charge in [0, 0.05) is 10.2 Å². The van der Waals surface area contributed by atoms with Crippen molar-refractivity contribution in [1.29, 1.82) is 0 Å². The fourth-order valence-corrected chi connectivity index (χ4v) is 2.67. The van der Waals surface area contributed by atoms with Gasteiger partial charge in [-0.05, 0) is 47.0 Å². The topological polar surface area (TPSA) is 75.4 Å². The van der Waals surface area contributed by atoms with Gasteiger partial charge in [-0.15, -0.1) is 0 Å². The molecule has 1 fully saturated rings. The van der Waals surface area contributed by atoms with E-state index in [1.54, 1.807) is 18.2 Å². The summed E-state index contributed by atoms with van der Waals surface area (Å²) in [6, 6.07) is 4.96. The number of aliphatic hydroxyl groups excluding tert-OH is 1. The molecule has 0 aliphatic heterocycles. The van der Waals surface area contributed by atoms with Crippen LogP contribution in [0.25, 0.3) is 0 Å². The molecular formula is C13H17BrN2O2. The molecular weight excluding hydrogens is 296 g/mol. The zero-order valence-electron chi connectivity index (χ0n) is 10.0. The Morgan fingerprint density at radius 1 is 1.39 bits per heavy atom. The number of nitrogens with one attached hydrogen (secondary N) is 1. The first-order chi connectivity index (χ1) is 8.58. The Morgan fingerprint density at radius 2 is 2.11 bits per heavy atom. The van der Waals surface area contributed by atoms with E-state index in [0.29, 0.717) is 15.7 Å². The predicted octanol–water partition coefficient (Wildman–Crippen LogP) is 2.06. The molecule has 1 aliphatic carbocycles. The van der Waals surface area contributed by atoms with Crippen LogP contribution >= 0.6 is 15.9 Å². The molecule has 4 nitrogen and oxygen atoms in total. The number of halogens is 1. The number of hydrogen-bond donors (Lipinski definition) is 3. The average molecular weight is 313 g/mol. The van der Waals surface area contributed by atoms with Crippen molar-refractivity contribution in [2.45, 2.75) is 37.8 Å². The van der Waals surface area contributed by atoms with Crippen LogP contribution in [0.4, 0.5) is 5.69 Å². The normalized spacial score (nSPS) is 23.7. The molecule has 0 bridgehead atoms. The summed E-state index contributed by atoms with van der Waals surface area (Å²) in [5.41, 5.74) is 6.73. The van der Waals surface area contributed by atoms with Crippen molar-refractivity contribution in [2.75, 3.05) is 5.73 Å². The number of aliphatic hydroxyl groups is 1. The minimum atomic E-state index is -0.442. The lowest BCUT2D eigenvalue weighted by Crippen LogP contribution is -2.45. The summed E-state index contributed by atoms with van der Waals surface area (Å²) in [7, 11) is 0. The molecule has 1 aliphatic rings. The van der Waals surface area contributed by atoms with Crippen molar-refractivity contribution in [3.05, 3.63) is 28.2 Å². The summed E-state index contributed by atoms with van der Waals surface area (Å²) in [6.07, 6.45) is 3.20. The molecule has 1 aromatic carbocycles. The second-order valence-corrected chi connectivity index (χ2v) is 5.53. The van der Waals surface area contributed by atoms with Gasteiger partial charge in [0.1, 0.15) is 0 Å². The highest BCUT2D eigenvalue weighted by atomic mass is 79.9. The first kappa shape index (κ1) is 13.4. The third kappa shape index (κ3) is 3.03. The van der Waals surface area contributed by atoms with Gasteiger partial charge in [0.2, 0.25) is 0 Å². The summed E-state index contributed by atoms with van der Waals surface area (Å²) in [5, 5.41) is 12.7. The number of amides is 1. The second-order valence-electron chi connectivity index (χ2n) is 4.67. The third-order valence-corrected chi connectivity index (χ3v) is 3.97. The summed E-state index contributed by atoms with van der Waals surface area (Å²) >= 11 is 3.33. The number of hydrogen-bond acceptors (Lipinski definition) is 3. The Labute approximate surface area is 115 Å². The lowest BCUT2D eigenvalue weighted by Gasteiger charge is -2.28. The maximum atomic E-state index is 12.1. The van der Waals surface area contributed by atoms with Gasteiger partial charge in [0.05, 0.1) is 17.7 Å².